The van der Waals surface area contributed by atoms with Crippen molar-refractivity contribution in [1.29, 1.82) is 0 Å². The highest BCUT2D eigenvalue weighted by Gasteiger charge is 2.26. The fourth-order valence-electron chi connectivity index (χ4n) is 2.50. The fourth-order valence-corrected chi connectivity index (χ4v) is 2.50. The van der Waals surface area contributed by atoms with E-state index in [1.165, 1.54) is 7.11 Å². The summed E-state index contributed by atoms with van der Waals surface area (Å²) in [5, 5.41) is 4.49. The second-order valence-electron chi connectivity index (χ2n) is 4.97. The quantitative estimate of drug-likeness (QED) is 0.643. The lowest BCUT2D eigenvalue weighted by molar-refractivity contribution is -0.145. The Labute approximate surface area is 158 Å². The number of carbonyl (C=O) groups is 1. The van der Waals surface area contributed by atoms with Crippen molar-refractivity contribution < 1.29 is 9.53 Å². The average Bonchev–Trinajstić information content (AvgIpc) is 3.04. The van der Waals surface area contributed by atoms with Crippen molar-refractivity contribution >= 4 is 18.1 Å². The minimum Gasteiger partial charge on any atom is -0.467 e. The van der Waals surface area contributed by atoms with Gasteiger partial charge in [-0.3, -0.25) is 4.68 Å². The zero-order chi connectivity index (χ0) is 20.1. The average molecular weight is 357 g/mol. The van der Waals surface area contributed by atoms with Gasteiger partial charge in [0, 0.05) is 17.7 Å². The normalized spacial score (nSPS) is 10.4. The van der Waals surface area contributed by atoms with Crippen LogP contribution in [-0.2, 0) is 16.0 Å². The number of benzene rings is 1. The zero-order valence-electron chi connectivity index (χ0n) is 17.0. The van der Waals surface area contributed by atoms with Crippen molar-refractivity contribution in [3.63, 3.8) is 0 Å². The third kappa shape index (κ3) is 5.73. The van der Waals surface area contributed by atoms with Crippen LogP contribution in [0.5, 0.6) is 0 Å². The smallest absolute Gasteiger partial charge is 0.331 e. The molecule has 2 rings (SSSR count). The molecule has 4 heteroatoms. The standard InChI is InChI=1S/C18H20N2O2.2C2H6/c1-5-15-13(3)20(19-16(15)6-2)17(18(21)22-4)12-14-10-8-7-9-11-14;2*1-2/h5-11,17H,1-2,12H2,3-4H3;2*1-2H3. The van der Waals surface area contributed by atoms with Gasteiger partial charge in [0.05, 0.1) is 12.8 Å². The third-order valence-corrected chi connectivity index (χ3v) is 3.66. The van der Waals surface area contributed by atoms with E-state index in [1.807, 2.05) is 65.0 Å². The number of aromatic nitrogens is 2. The lowest BCUT2D eigenvalue weighted by atomic mass is 10.1. The number of ether oxygens (including phenoxy) is 1. The van der Waals surface area contributed by atoms with E-state index in [4.69, 9.17) is 4.74 Å². The highest BCUT2D eigenvalue weighted by molar-refractivity contribution is 5.75. The van der Waals surface area contributed by atoms with Gasteiger partial charge in [0.15, 0.2) is 6.04 Å². The summed E-state index contributed by atoms with van der Waals surface area (Å²) in [4.78, 5) is 12.2. The second-order valence-corrected chi connectivity index (χ2v) is 4.97. The predicted molar refractivity (Wildman–Crippen MR) is 111 cm³/mol. The minimum atomic E-state index is -0.514. The topological polar surface area (TPSA) is 44.1 Å². The van der Waals surface area contributed by atoms with Crippen LogP contribution in [0.25, 0.3) is 12.2 Å². The van der Waals surface area contributed by atoms with E-state index in [0.717, 1.165) is 22.5 Å². The summed E-state index contributed by atoms with van der Waals surface area (Å²) >= 11 is 0. The Morgan fingerprint density at radius 3 is 2.15 bits per heavy atom. The summed E-state index contributed by atoms with van der Waals surface area (Å²) in [6.45, 7) is 17.5. The Kier molecular flexibility index (Phi) is 11.4. The molecule has 142 valence electrons. The molecule has 0 aliphatic carbocycles. The van der Waals surface area contributed by atoms with Gasteiger partial charge in [-0.05, 0) is 18.6 Å². The molecule has 0 N–H and O–H groups in total. The van der Waals surface area contributed by atoms with Crippen LogP contribution in [0, 0.1) is 6.92 Å². The number of hydrogen-bond donors (Lipinski definition) is 0. The van der Waals surface area contributed by atoms with Gasteiger partial charge in [-0.1, -0.05) is 77.3 Å². The summed E-state index contributed by atoms with van der Waals surface area (Å²) in [6, 6.07) is 9.30. The van der Waals surface area contributed by atoms with Crippen molar-refractivity contribution in [3.05, 3.63) is 66.0 Å². The number of hydrogen-bond acceptors (Lipinski definition) is 3. The first kappa shape index (κ1) is 23.4. The molecule has 2 aromatic rings. The molecule has 1 aromatic carbocycles. The first-order valence-corrected chi connectivity index (χ1v) is 9.08. The lowest BCUT2D eigenvalue weighted by Crippen LogP contribution is -2.25. The molecule has 0 radical (unpaired) electrons. The molecule has 0 spiro atoms. The molecule has 0 aliphatic rings. The van der Waals surface area contributed by atoms with Gasteiger partial charge in [-0.2, -0.15) is 5.10 Å². The molecular weight excluding hydrogens is 324 g/mol. The van der Waals surface area contributed by atoms with Gasteiger partial charge < -0.3 is 4.74 Å². The molecule has 0 saturated carbocycles. The molecule has 26 heavy (non-hydrogen) atoms. The summed E-state index contributed by atoms with van der Waals surface area (Å²) in [5.74, 6) is -0.319. The van der Waals surface area contributed by atoms with Crippen LogP contribution in [0.3, 0.4) is 0 Å². The maximum atomic E-state index is 12.2. The van der Waals surface area contributed by atoms with Gasteiger partial charge in [0.2, 0.25) is 0 Å². The molecule has 1 atom stereocenters. The van der Waals surface area contributed by atoms with Crippen LogP contribution in [0.4, 0.5) is 0 Å². The van der Waals surface area contributed by atoms with Crippen molar-refractivity contribution in [3.8, 4) is 0 Å². The van der Waals surface area contributed by atoms with Crippen molar-refractivity contribution in [2.45, 2.75) is 47.1 Å². The zero-order valence-corrected chi connectivity index (χ0v) is 17.0. The SMILES string of the molecule is C=Cc1nn(C(Cc2ccccc2)C(=O)OC)c(C)c1C=C.CC.CC. The van der Waals surface area contributed by atoms with E-state index in [-0.39, 0.29) is 5.97 Å². The maximum Gasteiger partial charge on any atom is 0.331 e. The molecule has 1 heterocycles. The largest absolute Gasteiger partial charge is 0.467 e. The molecule has 0 fully saturated rings. The number of methoxy groups -OCH3 is 1. The maximum absolute atomic E-state index is 12.2. The van der Waals surface area contributed by atoms with Crippen LogP contribution in [-0.4, -0.2) is 22.9 Å². The minimum absolute atomic E-state index is 0.319. The first-order valence-electron chi connectivity index (χ1n) is 9.08. The van der Waals surface area contributed by atoms with E-state index < -0.39 is 6.04 Å². The molecule has 0 saturated heterocycles. The fraction of sp³-hybridized carbons (Fsp3) is 0.364. The first-order chi connectivity index (χ1) is 12.6. The number of carbonyl (C=O) groups excluding carboxylic acids is 1. The monoisotopic (exact) mass is 356 g/mol. The van der Waals surface area contributed by atoms with E-state index in [1.54, 1.807) is 16.8 Å². The third-order valence-electron chi connectivity index (χ3n) is 3.66. The molecule has 0 aliphatic heterocycles. The van der Waals surface area contributed by atoms with E-state index in [2.05, 4.69) is 18.3 Å². The molecule has 1 unspecified atom stereocenters. The van der Waals surface area contributed by atoms with Gasteiger partial charge in [0.1, 0.15) is 0 Å². The Balaban J connectivity index is 0.00000146. The Morgan fingerprint density at radius 2 is 1.73 bits per heavy atom. The van der Waals surface area contributed by atoms with Crippen molar-refractivity contribution in [2.75, 3.05) is 7.11 Å². The van der Waals surface area contributed by atoms with Gasteiger partial charge >= 0.3 is 5.97 Å². The number of esters is 1. The Bertz CT molecular complexity index is 688. The van der Waals surface area contributed by atoms with Crippen LogP contribution < -0.4 is 0 Å². The Morgan fingerprint density at radius 1 is 1.15 bits per heavy atom. The highest BCUT2D eigenvalue weighted by atomic mass is 16.5. The van der Waals surface area contributed by atoms with E-state index in [0.29, 0.717) is 6.42 Å². The van der Waals surface area contributed by atoms with E-state index in [9.17, 15) is 4.79 Å². The summed E-state index contributed by atoms with van der Waals surface area (Å²) in [5.41, 5.74) is 3.52. The number of rotatable bonds is 6. The molecule has 0 amide bonds. The van der Waals surface area contributed by atoms with Gasteiger partial charge in [0.25, 0.3) is 0 Å². The second kappa shape index (κ2) is 12.7. The highest BCUT2D eigenvalue weighted by Crippen LogP contribution is 2.23. The summed E-state index contributed by atoms with van der Waals surface area (Å²) in [7, 11) is 1.39. The van der Waals surface area contributed by atoms with Crippen LogP contribution in [0.15, 0.2) is 43.5 Å². The van der Waals surface area contributed by atoms with E-state index >= 15 is 0 Å². The Hall–Kier alpha value is -2.62. The number of nitrogens with zero attached hydrogens (tertiary/aromatic N) is 2. The van der Waals surface area contributed by atoms with Crippen molar-refractivity contribution in [2.24, 2.45) is 0 Å². The predicted octanol–water partition coefficient (Wildman–Crippen LogP) is 5.49. The van der Waals surface area contributed by atoms with Gasteiger partial charge in [-0.15, -0.1) is 0 Å². The van der Waals surface area contributed by atoms with Crippen LogP contribution in [0.2, 0.25) is 0 Å². The molecule has 0 bridgehead atoms. The van der Waals surface area contributed by atoms with Crippen LogP contribution in [0.1, 0.15) is 56.3 Å². The molecule has 1 aromatic heterocycles. The van der Waals surface area contributed by atoms with Gasteiger partial charge in [-0.25, -0.2) is 4.79 Å². The molecular formula is C22H32N2O2. The lowest BCUT2D eigenvalue weighted by Gasteiger charge is -2.17. The molecule has 4 nitrogen and oxygen atoms in total. The van der Waals surface area contributed by atoms with Crippen molar-refractivity contribution in [1.82, 2.24) is 9.78 Å². The summed E-state index contributed by atoms with van der Waals surface area (Å²) in [6.07, 6.45) is 3.91. The van der Waals surface area contributed by atoms with Crippen LogP contribution >= 0.6 is 0 Å². The summed E-state index contributed by atoms with van der Waals surface area (Å²) < 4.78 is 6.66.